The topological polar surface area (TPSA) is 46.6 Å². The Balaban J connectivity index is 1.91. The monoisotopic (exact) mass is 265 g/mol. The van der Waals surface area contributed by atoms with E-state index in [2.05, 4.69) is 6.08 Å². The number of esters is 1. The highest BCUT2D eigenvalue weighted by molar-refractivity contribution is 5.82. The highest BCUT2D eigenvalue weighted by Crippen LogP contribution is 2.32. The number of methoxy groups -OCH3 is 1. The minimum Gasteiger partial charge on any atom is -0.469 e. The van der Waals surface area contributed by atoms with Crippen molar-refractivity contribution in [1.82, 2.24) is 4.90 Å². The third-order valence-electron chi connectivity index (χ3n) is 4.27. The molecule has 0 unspecified atom stereocenters. The molecule has 0 aromatic carbocycles. The minimum absolute atomic E-state index is 0.153. The van der Waals surface area contributed by atoms with E-state index in [1.54, 1.807) is 0 Å². The number of amides is 1. The van der Waals surface area contributed by atoms with Gasteiger partial charge in [-0.15, -0.1) is 0 Å². The first-order valence-corrected chi connectivity index (χ1v) is 7.09. The number of nitrogens with zero attached hydrogens (tertiary/aromatic N) is 1. The fourth-order valence-electron chi connectivity index (χ4n) is 2.96. The van der Waals surface area contributed by atoms with E-state index in [4.69, 9.17) is 4.74 Å². The summed E-state index contributed by atoms with van der Waals surface area (Å²) in [6.45, 7) is 3.04. The van der Waals surface area contributed by atoms with Crippen LogP contribution in [0.25, 0.3) is 0 Å². The minimum atomic E-state index is -0.522. The zero-order valence-electron chi connectivity index (χ0n) is 11.9. The summed E-state index contributed by atoms with van der Waals surface area (Å²) in [5.41, 5.74) is 0.744. The molecule has 2 aliphatic rings. The second kappa shape index (κ2) is 5.76. The van der Waals surface area contributed by atoms with E-state index in [1.807, 2.05) is 11.8 Å². The van der Waals surface area contributed by atoms with Gasteiger partial charge in [-0.1, -0.05) is 11.6 Å². The molecule has 0 bridgehead atoms. The molecule has 1 atom stereocenters. The van der Waals surface area contributed by atoms with Crippen molar-refractivity contribution < 1.29 is 14.3 Å². The van der Waals surface area contributed by atoms with Crippen LogP contribution in [0, 0.1) is 5.41 Å². The molecule has 0 saturated carbocycles. The molecule has 106 valence electrons. The molecule has 1 aliphatic carbocycles. The highest BCUT2D eigenvalue weighted by Gasteiger charge is 2.42. The fourth-order valence-corrected chi connectivity index (χ4v) is 2.96. The van der Waals surface area contributed by atoms with Crippen LogP contribution in [-0.4, -0.2) is 37.0 Å². The van der Waals surface area contributed by atoms with E-state index in [0.717, 1.165) is 12.8 Å². The zero-order valence-corrected chi connectivity index (χ0v) is 11.9. The summed E-state index contributed by atoms with van der Waals surface area (Å²) in [7, 11) is 1.41. The Morgan fingerprint density at radius 3 is 2.84 bits per heavy atom. The van der Waals surface area contributed by atoms with Crippen molar-refractivity contribution in [3.05, 3.63) is 11.6 Å². The maximum Gasteiger partial charge on any atom is 0.313 e. The molecule has 0 N–H and O–H groups in total. The predicted molar refractivity (Wildman–Crippen MR) is 72.5 cm³/mol. The van der Waals surface area contributed by atoms with Crippen molar-refractivity contribution in [3.63, 3.8) is 0 Å². The zero-order chi connectivity index (χ0) is 13.9. The van der Waals surface area contributed by atoms with Crippen LogP contribution >= 0.6 is 0 Å². The van der Waals surface area contributed by atoms with Gasteiger partial charge < -0.3 is 9.64 Å². The number of ether oxygens (including phenoxy) is 1. The lowest BCUT2D eigenvalue weighted by atomic mass is 9.90. The van der Waals surface area contributed by atoms with Gasteiger partial charge in [0.25, 0.3) is 0 Å². The molecule has 4 nitrogen and oxygen atoms in total. The van der Waals surface area contributed by atoms with E-state index >= 15 is 0 Å². The van der Waals surface area contributed by atoms with Gasteiger partial charge in [0.1, 0.15) is 0 Å². The van der Waals surface area contributed by atoms with Gasteiger partial charge in [0.05, 0.1) is 12.5 Å². The average Bonchev–Trinajstić information content (AvgIpc) is 2.83. The van der Waals surface area contributed by atoms with E-state index in [1.165, 1.54) is 25.5 Å². The second-order valence-corrected chi connectivity index (χ2v) is 5.90. The summed E-state index contributed by atoms with van der Waals surface area (Å²) >= 11 is 0. The van der Waals surface area contributed by atoms with Crippen molar-refractivity contribution in [2.24, 2.45) is 5.41 Å². The SMILES string of the molecule is COC(=O)[C@@]1(C)CCN(C(=O)CC2=CCCCC2)C1. The third kappa shape index (κ3) is 3.17. The number of likely N-dealkylation sites (tertiary alicyclic amines) is 1. The van der Waals surface area contributed by atoms with Crippen molar-refractivity contribution in [2.45, 2.75) is 45.4 Å². The molecule has 4 heteroatoms. The number of hydrogen-bond acceptors (Lipinski definition) is 3. The van der Waals surface area contributed by atoms with Gasteiger partial charge in [0, 0.05) is 19.5 Å². The molecule has 2 rings (SSSR count). The van der Waals surface area contributed by atoms with Gasteiger partial charge in [-0.3, -0.25) is 9.59 Å². The van der Waals surface area contributed by atoms with Crippen LogP contribution in [0.3, 0.4) is 0 Å². The van der Waals surface area contributed by atoms with Gasteiger partial charge >= 0.3 is 5.97 Å². The number of hydrogen-bond donors (Lipinski definition) is 0. The number of allylic oxidation sites excluding steroid dienone is 1. The van der Waals surface area contributed by atoms with E-state index in [-0.39, 0.29) is 11.9 Å². The Kier molecular flexibility index (Phi) is 4.27. The Morgan fingerprint density at radius 2 is 2.21 bits per heavy atom. The molecule has 19 heavy (non-hydrogen) atoms. The maximum atomic E-state index is 12.2. The first-order chi connectivity index (χ1) is 9.05. The summed E-state index contributed by atoms with van der Waals surface area (Å²) in [6, 6.07) is 0. The van der Waals surface area contributed by atoms with Crippen LogP contribution < -0.4 is 0 Å². The standard InChI is InChI=1S/C15H23NO3/c1-15(14(18)19-2)8-9-16(11-15)13(17)10-12-6-4-3-5-7-12/h6H,3-5,7-11H2,1-2H3/t15-/m0/s1. The van der Waals surface area contributed by atoms with Crippen molar-refractivity contribution in [3.8, 4) is 0 Å². The van der Waals surface area contributed by atoms with Gasteiger partial charge in [-0.05, 0) is 39.0 Å². The van der Waals surface area contributed by atoms with Gasteiger partial charge in [0.15, 0.2) is 0 Å². The Morgan fingerprint density at radius 1 is 1.42 bits per heavy atom. The molecule has 0 aromatic heterocycles. The van der Waals surface area contributed by atoms with Crippen molar-refractivity contribution >= 4 is 11.9 Å². The summed E-state index contributed by atoms with van der Waals surface area (Å²) in [6.07, 6.45) is 8.01. The van der Waals surface area contributed by atoms with E-state index in [9.17, 15) is 9.59 Å². The summed E-state index contributed by atoms with van der Waals surface area (Å²) in [5.74, 6) is -0.0551. The lowest BCUT2D eigenvalue weighted by Crippen LogP contribution is -2.35. The molecular weight excluding hydrogens is 242 g/mol. The second-order valence-electron chi connectivity index (χ2n) is 5.90. The maximum absolute atomic E-state index is 12.2. The third-order valence-corrected chi connectivity index (χ3v) is 4.27. The molecule has 0 spiro atoms. The van der Waals surface area contributed by atoms with Gasteiger partial charge in [-0.2, -0.15) is 0 Å². The Labute approximate surface area is 114 Å². The first kappa shape index (κ1) is 14.1. The molecular formula is C15H23NO3. The highest BCUT2D eigenvalue weighted by atomic mass is 16.5. The average molecular weight is 265 g/mol. The smallest absolute Gasteiger partial charge is 0.313 e. The molecule has 1 aliphatic heterocycles. The molecule has 0 aromatic rings. The van der Waals surface area contributed by atoms with Crippen LogP contribution in [0.4, 0.5) is 0 Å². The number of rotatable bonds is 3. The summed E-state index contributed by atoms with van der Waals surface area (Å²) < 4.78 is 4.83. The molecule has 1 saturated heterocycles. The number of carbonyl (C=O) groups is 2. The molecule has 1 amide bonds. The van der Waals surface area contributed by atoms with Gasteiger partial charge in [0.2, 0.25) is 5.91 Å². The normalized spacial score (nSPS) is 27.1. The summed E-state index contributed by atoms with van der Waals surface area (Å²) in [4.78, 5) is 25.8. The Hall–Kier alpha value is -1.32. The quantitative estimate of drug-likeness (QED) is 0.581. The van der Waals surface area contributed by atoms with Crippen LogP contribution in [0.15, 0.2) is 11.6 Å². The molecule has 1 heterocycles. The van der Waals surface area contributed by atoms with Crippen molar-refractivity contribution in [2.75, 3.05) is 20.2 Å². The van der Waals surface area contributed by atoms with E-state index < -0.39 is 5.41 Å². The van der Waals surface area contributed by atoms with Crippen molar-refractivity contribution in [1.29, 1.82) is 0 Å². The van der Waals surface area contributed by atoms with Crippen LogP contribution in [0.1, 0.15) is 45.4 Å². The largest absolute Gasteiger partial charge is 0.469 e. The molecule has 1 fully saturated rings. The van der Waals surface area contributed by atoms with E-state index in [0.29, 0.717) is 25.9 Å². The van der Waals surface area contributed by atoms with Crippen LogP contribution in [0.5, 0.6) is 0 Å². The molecule has 0 radical (unpaired) electrons. The first-order valence-electron chi connectivity index (χ1n) is 7.09. The van der Waals surface area contributed by atoms with Gasteiger partial charge in [-0.25, -0.2) is 0 Å². The van der Waals surface area contributed by atoms with Crippen LogP contribution in [-0.2, 0) is 14.3 Å². The lowest BCUT2D eigenvalue weighted by molar-refractivity contribution is -0.151. The summed E-state index contributed by atoms with van der Waals surface area (Å²) in [5, 5.41) is 0. The lowest BCUT2D eigenvalue weighted by Gasteiger charge is -2.22. The van der Waals surface area contributed by atoms with Crippen LogP contribution in [0.2, 0.25) is 0 Å². The number of carbonyl (C=O) groups excluding carboxylic acids is 2. The fraction of sp³-hybridized carbons (Fsp3) is 0.733. The predicted octanol–water partition coefficient (Wildman–Crippen LogP) is 2.29. The Bertz CT molecular complexity index is 402.